The molecule has 1 heterocycles. The lowest BCUT2D eigenvalue weighted by atomic mass is 9.78. The van der Waals surface area contributed by atoms with Gasteiger partial charge in [0, 0.05) is 12.5 Å². The van der Waals surface area contributed by atoms with Crippen molar-refractivity contribution in [1.29, 1.82) is 0 Å². The molecule has 18 heavy (non-hydrogen) atoms. The highest BCUT2D eigenvalue weighted by molar-refractivity contribution is 5.33. The zero-order valence-corrected chi connectivity index (χ0v) is 11.5. The summed E-state index contributed by atoms with van der Waals surface area (Å²) in [6.45, 7) is 4.08. The Balaban J connectivity index is 2.30. The topological polar surface area (TPSA) is 32.7 Å². The molecule has 1 aromatic rings. The van der Waals surface area contributed by atoms with Crippen molar-refractivity contribution in [2.75, 3.05) is 27.2 Å². The van der Waals surface area contributed by atoms with Crippen molar-refractivity contribution in [3.8, 4) is 5.75 Å². The largest absolute Gasteiger partial charge is 0.497 e. The van der Waals surface area contributed by atoms with Gasteiger partial charge in [-0.3, -0.25) is 0 Å². The Morgan fingerprint density at radius 2 is 2.28 bits per heavy atom. The van der Waals surface area contributed by atoms with Crippen molar-refractivity contribution in [3.63, 3.8) is 0 Å². The van der Waals surface area contributed by atoms with E-state index < -0.39 is 5.60 Å². The van der Waals surface area contributed by atoms with Crippen LogP contribution in [0.5, 0.6) is 5.75 Å². The molecule has 3 nitrogen and oxygen atoms in total. The summed E-state index contributed by atoms with van der Waals surface area (Å²) < 4.78 is 5.26. The van der Waals surface area contributed by atoms with Crippen LogP contribution in [0.1, 0.15) is 25.3 Å². The number of hydrogen-bond donors (Lipinski definition) is 1. The van der Waals surface area contributed by atoms with Crippen LogP contribution in [-0.4, -0.2) is 37.3 Å². The molecular formula is C15H23NO2. The van der Waals surface area contributed by atoms with Crippen LogP contribution in [0, 0.1) is 5.92 Å². The molecule has 2 atom stereocenters. The van der Waals surface area contributed by atoms with Crippen LogP contribution in [0.25, 0.3) is 0 Å². The van der Waals surface area contributed by atoms with Crippen molar-refractivity contribution >= 4 is 0 Å². The number of rotatable bonds is 4. The zero-order chi connectivity index (χ0) is 13.2. The maximum Gasteiger partial charge on any atom is 0.119 e. The summed E-state index contributed by atoms with van der Waals surface area (Å²) >= 11 is 0. The van der Waals surface area contributed by atoms with Gasteiger partial charge in [-0.15, -0.1) is 0 Å². The highest BCUT2D eigenvalue weighted by Gasteiger charge is 2.40. The summed E-state index contributed by atoms with van der Waals surface area (Å²) in [5.74, 6) is 1.12. The van der Waals surface area contributed by atoms with Gasteiger partial charge < -0.3 is 14.7 Å². The van der Waals surface area contributed by atoms with Gasteiger partial charge in [0.05, 0.1) is 12.7 Å². The minimum absolute atomic E-state index is 0.305. The van der Waals surface area contributed by atoms with Gasteiger partial charge in [0.1, 0.15) is 5.75 Å². The Morgan fingerprint density at radius 1 is 1.50 bits per heavy atom. The molecule has 1 saturated heterocycles. The minimum atomic E-state index is -0.737. The molecule has 1 N–H and O–H groups in total. The molecule has 1 aliphatic rings. The molecule has 1 aliphatic heterocycles. The monoisotopic (exact) mass is 249 g/mol. The Labute approximate surface area is 109 Å². The molecule has 100 valence electrons. The van der Waals surface area contributed by atoms with Gasteiger partial charge in [-0.25, -0.2) is 0 Å². The van der Waals surface area contributed by atoms with Crippen molar-refractivity contribution in [2.24, 2.45) is 5.92 Å². The first-order valence-electron chi connectivity index (χ1n) is 6.65. The Morgan fingerprint density at radius 3 is 2.83 bits per heavy atom. The lowest BCUT2D eigenvalue weighted by Crippen LogP contribution is -2.36. The molecule has 0 bridgehead atoms. The summed E-state index contributed by atoms with van der Waals surface area (Å²) in [6.07, 6.45) is 1.79. The molecule has 0 aromatic heterocycles. The summed E-state index contributed by atoms with van der Waals surface area (Å²) in [5.41, 5.74) is 0.240. The van der Waals surface area contributed by atoms with E-state index >= 15 is 0 Å². The Hall–Kier alpha value is -1.06. The average molecular weight is 249 g/mol. The third-order valence-corrected chi connectivity index (χ3v) is 4.18. The second-order valence-corrected chi connectivity index (χ2v) is 5.26. The van der Waals surface area contributed by atoms with E-state index in [1.54, 1.807) is 7.11 Å². The molecule has 0 radical (unpaired) electrons. The van der Waals surface area contributed by atoms with Crippen molar-refractivity contribution in [3.05, 3.63) is 29.8 Å². The van der Waals surface area contributed by atoms with Crippen LogP contribution in [0.2, 0.25) is 0 Å². The molecule has 0 saturated carbocycles. The number of ether oxygens (including phenoxy) is 1. The van der Waals surface area contributed by atoms with Crippen LogP contribution in [-0.2, 0) is 5.60 Å². The van der Waals surface area contributed by atoms with Crippen LogP contribution in [0.15, 0.2) is 24.3 Å². The Kier molecular flexibility index (Phi) is 3.93. The summed E-state index contributed by atoms with van der Waals surface area (Å²) in [7, 11) is 3.77. The van der Waals surface area contributed by atoms with Gasteiger partial charge in [-0.1, -0.05) is 19.1 Å². The molecule has 2 rings (SSSR count). The summed E-state index contributed by atoms with van der Waals surface area (Å²) in [5, 5.41) is 11.0. The third-order valence-electron chi connectivity index (χ3n) is 4.18. The minimum Gasteiger partial charge on any atom is -0.497 e. The van der Waals surface area contributed by atoms with E-state index in [-0.39, 0.29) is 0 Å². The average Bonchev–Trinajstić information content (AvgIpc) is 2.85. The van der Waals surface area contributed by atoms with Gasteiger partial charge in [0.2, 0.25) is 0 Å². The maximum atomic E-state index is 11.0. The lowest BCUT2D eigenvalue weighted by molar-refractivity contribution is -0.0236. The molecule has 0 unspecified atom stereocenters. The van der Waals surface area contributed by atoms with Gasteiger partial charge in [-0.05, 0) is 44.1 Å². The first-order valence-corrected chi connectivity index (χ1v) is 6.65. The summed E-state index contributed by atoms with van der Waals surface area (Å²) in [4.78, 5) is 2.28. The number of nitrogens with zero attached hydrogens (tertiary/aromatic N) is 1. The van der Waals surface area contributed by atoms with Crippen LogP contribution >= 0.6 is 0 Å². The second kappa shape index (κ2) is 5.29. The molecule has 0 amide bonds. The van der Waals surface area contributed by atoms with Crippen molar-refractivity contribution < 1.29 is 9.84 Å². The van der Waals surface area contributed by atoms with Gasteiger partial charge in [-0.2, -0.15) is 0 Å². The van der Waals surface area contributed by atoms with E-state index in [1.165, 1.54) is 0 Å². The van der Waals surface area contributed by atoms with E-state index in [9.17, 15) is 5.11 Å². The fourth-order valence-corrected chi connectivity index (χ4v) is 2.95. The van der Waals surface area contributed by atoms with E-state index in [0.717, 1.165) is 37.2 Å². The molecule has 0 spiro atoms. The fraction of sp³-hybridized carbons (Fsp3) is 0.600. The highest BCUT2D eigenvalue weighted by atomic mass is 16.5. The van der Waals surface area contributed by atoms with Gasteiger partial charge in [0.15, 0.2) is 0 Å². The van der Waals surface area contributed by atoms with E-state index in [0.29, 0.717) is 5.92 Å². The van der Waals surface area contributed by atoms with Crippen molar-refractivity contribution in [2.45, 2.75) is 25.4 Å². The first kappa shape index (κ1) is 13.4. The van der Waals surface area contributed by atoms with Crippen LogP contribution < -0.4 is 4.74 Å². The molecule has 1 aromatic carbocycles. The highest BCUT2D eigenvalue weighted by Crippen LogP contribution is 2.39. The molecular weight excluding hydrogens is 226 g/mol. The zero-order valence-electron chi connectivity index (χ0n) is 11.5. The van der Waals surface area contributed by atoms with Gasteiger partial charge >= 0.3 is 0 Å². The van der Waals surface area contributed by atoms with E-state index in [2.05, 4.69) is 18.9 Å². The predicted octanol–water partition coefficient (Wildman–Crippen LogP) is 2.24. The SMILES string of the molecule is CC[C@](O)(c1cccc(OC)c1)[C@H]1CCN(C)C1. The smallest absolute Gasteiger partial charge is 0.119 e. The molecule has 3 heteroatoms. The lowest BCUT2D eigenvalue weighted by Gasteiger charge is -2.34. The number of benzene rings is 1. The quantitative estimate of drug-likeness (QED) is 0.888. The maximum absolute atomic E-state index is 11.0. The normalized spacial score (nSPS) is 23.9. The summed E-state index contributed by atoms with van der Waals surface area (Å²) in [6, 6.07) is 7.83. The molecule has 1 fully saturated rings. The second-order valence-electron chi connectivity index (χ2n) is 5.26. The third kappa shape index (κ3) is 2.38. The predicted molar refractivity (Wildman–Crippen MR) is 72.8 cm³/mol. The number of hydrogen-bond acceptors (Lipinski definition) is 3. The van der Waals surface area contributed by atoms with E-state index in [1.807, 2.05) is 24.3 Å². The number of aliphatic hydroxyl groups is 1. The van der Waals surface area contributed by atoms with Gasteiger partial charge in [0.25, 0.3) is 0 Å². The van der Waals surface area contributed by atoms with Crippen LogP contribution in [0.3, 0.4) is 0 Å². The Bertz CT molecular complexity index is 407. The van der Waals surface area contributed by atoms with E-state index in [4.69, 9.17) is 4.74 Å². The standard InChI is InChI=1S/C15H23NO2/c1-4-15(17,13-8-9-16(2)11-13)12-6-5-7-14(10-12)18-3/h5-7,10,13,17H,4,8-9,11H2,1-3H3/t13-,15-/m0/s1. The van der Waals surface area contributed by atoms with Crippen molar-refractivity contribution in [1.82, 2.24) is 4.90 Å². The molecule has 0 aliphatic carbocycles. The number of methoxy groups -OCH3 is 1. The fourth-order valence-electron chi connectivity index (χ4n) is 2.95. The first-order chi connectivity index (χ1) is 8.60. The van der Waals surface area contributed by atoms with Crippen LogP contribution in [0.4, 0.5) is 0 Å². The number of likely N-dealkylation sites (tertiary alicyclic amines) is 1.